The number of ether oxygens (including phenoxy) is 1. The third-order valence-corrected chi connectivity index (χ3v) is 5.00. The molecule has 0 aliphatic carbocycles. The molecule has 0 bridgehead atoms. The molecule has 2 heterocycles. The van der Waals surface area contributed by atoms with Crippen LogP contribution in [0.4, 0.5) is 0 Å². The predicted octanol–water partition coefficient (Wildman–Crippen LogP) is 2.77. The fourth-order valence-corrected chi connectivity index (χ4v) is 3.26. The number of Topliss-reactive ketones (excluding diaryl/α,β-unsaturated/α-hetero) is 1. The largest absolute Gasteiger partial charge is 0.469 e. The quantitative estimate of drug-likeness (QED) is 0.430. The number of hydrogen-bond acceptors (Lipinski definition) is 6. The maximum absolute atomic E-state index is 12.8. The number of carbonyl (C=O) groups is 2. The van der Waals surface area contributed by atoms with E-state index in [9.17, 15) is 9.59 Å². The molecule has 2 aromatic heterocycles. The Balaban J connectivity index is 1.72. The highest BCUT2D eigenvalue weighted by molar-refractivity contribution is 5.97. The number of rotatable bonds is 8. The Morgan fingerprint density at radius 1 is 1.14 bits per heavy atom. The van der Waals surface area contributed by atoms with Crippen LogP contribution in [-0.4, -0.2) is 43.6 Å². The first-order valence-electron chi connectivity index (χ1n) is 9.56. The fraction of sp³-hybridized carbons (Fsp3) is 0.381. The van der Waals surface area contributed by atoms with Crippen molar-refractivity contribution in [2.24, 2.45) is 0 Å². The lowest BCUT2D eigenvalue weighted by Crippen LogP contribution is -2.15. The van der Waals surface area contributed by atoms with E-state index in [1.807, 2.05) is 48.7 Å². The van der Waals surface area contributed by atoms with E-state index in [1.165, 1.54) is 17.5 Å². The summed E-state index contributed by atoms with van der Waals surface area (Å²) < 4.78 is 6.63. The van der Waals surface area contributed by atoms with Gasteiger partial charge in [0.25, 0.3) is 0 Å². The molecule has 0 radical (unpaired) electrons. The maximum atomic E-state index is 12.8. The summed E-state index contributed by atoms with van der Waals surface area (Å²) in [6.45, 7) is 6.35. The van der Waals surface area contributed by atoms with Crippen molar-refractivity contribution in [2.45, 2.75) is 46.7 Å². The second-order valence-corrected chi connectivity index (χ2v) is 6.88. The van der Waals surface area contributed by atoms with E-state index >= 15 is 0 Å². The van der Waals surface area contributed by atoms with Gasteiger partial charge < -0.3 is 9.30 Å². The molecule has 0 spiro atoms. The van der Waals surface area contributed by atoms with Gasteiger partial charge in [-0.15, -0.1) is 10.2 Å². The molecule has 8 nitrogen and oxygen atoms in total. The molecule has 1 aromatic carbocycles. The maximum Gasteiger partial charge on any atom is 0.307 e. The Hall–Kier alpha value is -3.29. The number of ketones is 1. The second-order valence-electron chi connectivity index (χ2n) is 6.88. The molecule has 0 saturated heterocycles. The predicted molar refractivity (Wildman–Crippen MR) is 108 cm³/mol. The fourth-order valence-electron chi connectivity index (χ4n) is 3.26. The third-order valence-electron chi connectivity index (χ3n) is 5.00. The zero-order valence-corrected chi connectivity index (χ0v) is 17.2. The lowest BCUT2D eigenvalue weighted by molar-refractivity contribution is -0.140. The van der Waals surface area contributed by atoms with E-state index in [4.69, 9.17) is 4.74 Å². The summed E-state index contributed by atoms with van der Waals surface area (Å²) in [4.78, 5) is 25.5. The summed E-state index contributed by atoms with van der Waals surface area (Å²) in [6.07, 6.45) is 1.22. The third kappa shape index (κ3) is 4.59. The van der Waals surface area contributed by atoms with Crippen LogP contribution in [0.2, 0.25) is 0 Å². The average molecular weight is 395 g/mol. The van der Waals surface area contributed by atoms with Crippen molar-refractivity contribution in [3.63, 3.8) is 0 Å². The van der Waals surface area contributed by atoms with Crippen molar-refractivity contribution in [1.82, 2.24) is 24.8 Å². The molecule has 152 valence electrons. The van der Waals surface area contributed by atoms with Gasteiger partial charge in [-0.2, -0.15) is 4.80 Å². The minimum absolute atomic E-state index is 0.00133. The Labute approximate surface area is 169 Å². The summed E-state index contributed by atoms with van der Waals surface area (Å²) >= 11 is 0. The Bertz CT molecular complexity index is 1020. The van der Waals surface area contributed by atoms with E-state index < -0.39 is 0 Å². The smallest absolute Gasteiger partial charge is 0.307 e. The Kier molecular flexibility index (Phi) is 6.21. The van der Waals surface area contributed by atoms with E-state index in [2.05, 4.69) is 22.3 Å². The second kappa shape index (κ2) is 8.81. The van der Waals surface area contributed by atoms with E-state index in [0.29, 0.717) is 17.9 Å². The molecular formula is C21H25N5O3. The summed E-state index contributed by atoms with van der Waals surface area (Å²) in [5.74, 6) is 0.105. The minimum atomic E-state index is -0.281. The zero-order valence-electron chi connectivity index (χ0n) is 17.2. The molecule has 3 aromatic rings. The van der Waals surface area contributed by atoms with Gasteiger partial charge >= 0.3 is 5.97 Å². The number of aromatic nitrogens is 5. The topological polar surface area (TPSA) is 91.9 Å². The van der Waals surface area contributed by atoms with Crippen LogP contribution < -0.4 is 0 Å². The first kappa shape index (κ1) is 20.4. The van der Waals surface area contributed by atoms with E-state index in [1.54, 1.807) is 0 Å². The lowest BCUT2D eigenvalue weighted by Gasteiger charge is -2.08. The van der Waals surface area contributed by atoms with Gasteiger partial charge in [-0.25, -0.2) is 0 Å². The molecule has 29 heavy (non-hydrogen) atoms. The molecule has 0 saturated carbocycles. The molecule has 0 aliphatic heterocycles. The van der Waals surface area contributed by atoms with E-state index in [-0.39, 0.29) is 24.7 Å². The van der Waals surface area contributed by atoms with Gasteiger partial charge in [0.05, 0.1) is 13.5 Å². The number of carbonyl (C=O) groups excluding carboxylic acids is 2. The number of aryl methyl sites for hydroxylation is 2. The first-order chi connectivity index (χ1) is 13.9. The van der Waals surface area contributed by atoms with Crippen LogP contribution in [-0.2, 0) is 29.0 Å². The van der Waals surface area contributed by atoms with Crippen LogP contribution in [0, 0.1) is 13.8 Å². The van der Waals surface area contributed by atoms with Gasteiger partial charge in [-0.05, 0) is 37.1 Å². The van der Waals surface area contributed by atoms with Crippen molar-refractivity contribution >= 4 is 11.8 Å². The molecule has 3 rings (SSSR count). The molecule has 0 unspecified atom stereocenters. The van der Waals surface area contributed by atoms with Crippen molar-refractivity contribution in [3.05, 3.63) is 52.8 Å². The van der Waals surface area contributed by atoms with Crippen molar-refractivity contribution in [3.8, 4) is 11.4 Å². The summed E-state index contributed by atoms with van der Waals surface area (Å²) in [6, 6.07) is 9.80. The standard InChI is InChI=1S/C21H25N5O3/c1-5-16-6-8-17(9-7-16)21-22-24-26(23-21)13-19(27)18-12-14(2)25(15(18)3)11-10-20(28)29-4/h6-9,12H,5,10-11,13H2,1-4H3. The van der Waals surface area contributed by atoms with Crippen LogP contribution in [0.1, 0.15) is 40.7 Å². The molecule has 8 heteroatoms. The van der Waals surface area contributed by atoms with Gasteiger partial charge in [0, 0.05) is 29.1 Å². The van der Waals surface area contributed by atoms with Crippen LogP contribution >= 0.6 is 0 Å². The summed E-state index contributed by atoms with van der Waals surface area (Å²) in [5.41, 5.74) is 4.42. The van der Waals surface area contributed by atoms with Gasteiger partial charge in [0.15, 0.2) is 5.78 Å². The van der Waals surface area contributed by atoms with Crippen LogP contribution in [0.3, 0.4) is 0 Å². The molecule has 0 N–H and O–H groups in total. The van der Waals surface area contributed by atoms with Crippen molar-refractivity contribution in [1.29, 1.82) is 0 Å². The van der Waals surface area contributed by atoms with Crippen LogP contribution in [0.25, 0.3) is 11.4 Å². The number of benzene rings is 1. The number of tetrazole rings is 1. The lowest BCUT2D eigenvalue weighted by atomic mass is 10.1. The number of nitrogens with zero attached hydrogens (tertiary/aromatic N) is 5. The van der Waals surface area contributed by atoms with Gasteiger partial charge in [0.1, 0.15) is 6.54 Å². The van der Waals surface area contributed by atoms with Crippen molar-refractivity contribution in [2.75, 3.05) is 7.11 Å². The van der Waals surface area contributed by atoms with Gasteiger partial charge in [0.2, 0.25) is 5.82 Å². The molecule has 0 fully saturated rings. The SMILES string of the molecule is CCc1ccc(-c2nnn(CC(=O)c3cc(C)n(CCC(=O)OC)c3C)n2)cc1. The van der Waals surface area contributed by atoms with Crippen molar-refractivity contribution < 1.29 is 14.3 Å². The highest BCUT2D eigenvalue weighted by Crippen LogP contribution is 2.18. The minimum Gasteiger partial charge on any atom is -0.469 e. The summed E-state index contributed by atoms with van der Waals surface area (Å²) in [7, 11) is 1.37. The number of hydrogen-bond donors (Lipinski definition) is 0. The highest BCUT2D eigenvalue weighted by atomic mass is 16.5. The number of methoxy groups -OCH3 is 1. The van der Waals surface area contributed by atoms with Gasteiger partial charge in [-0.1, -0.05) is 31.2 Å². The summed E-state index contributed by atoms with van der Waals surface area (Å²) in [5, 5.41) is 12.4. The Morgan fingerprint density at radius 3 is 2.52 bits per heavy atom. The number of esters is 1. The average Bonchev–Trinajstić information content (AvgIpc) is 3.30. The van der Waals surface area contributed by atoms with Crippen LogP contribution in [0.5, 0.6) is 0 Å². The van der Waals surface area contributed by atoms with Crippen LogP contribution in [0.15, 0.2) is 30.3 Å². The van der Waals surface area contributed by atoms with Gasteiger partial charge in [-0.3, -0.25) is 9.59 Å². The highest BCUT2D eigenvalue weighted by Gasteiger charge is 2.18. The molecule has 0 atom stereocenters. The Morgan fingerprint density at radius 2 is 1.86 bits per heavy atom. The molecule has 0 aliphatic rings. The normalized spacial score (nSPS) is 10.9. The monoisotopic (exact) mass is 395 g/mol. The molecule has 0 amide bonds. The van der Waals surface area contributed by atoms with E-state index in [0.717, 1.165) is 23.4 Å². The first-order valence-corrected chi connectivity index (χ1v) is 9.56. The zero-order chi connectivity index (χ0) is 21.0. The molecular weight excluding hydrogens is 370 g/mol.